The molecule has 1 fully saturated rings. The van der Waals surface area contributed by atoms with Gasteiger partial charge in [0.1, 0.15) is 5.82 Å². The number of ether oxygens (including phenoxy) is 1. The lowest BCUT2D eigenvalue weighted by Gasteiger charge is -2.06. The molecule has 1 atom stereocenters. The predicted molar refractivity (Wildman–Crippen MR) is 61.3 cm³/mol. The van der Waals surface area contributed by atoms with E-state index < -0.39 is 0 Å². The number of anilines is 1. The Balaban J connectivity index is 1.68. The van der Waals surface area contributed by atoms with E-state index in [1.807, 2.05) is 0 Å². The van der Waals surface area contributed by atoms with Gasteiger partial charge in [0.05, 0.1) is 0 Å². The number of nitrogens with zero attached hydrogens (tertiary/aromatic N) is 2. The van der Waals surface area contributed by atoms with Crippen molar-refractivity contribution in [3.05, 3.63) is 5.82 Å². The first kappa shape index (κ1) is 10.8. The molecule has 0 amide bonds. The molecule has 15 heavy (non-hydrogen) atoms. The number of nitrogens with one attached hydrogen (secondary N) is 1. The third-order valence-electron chi connectivity index (χ3n) is 2.64. The number of aryl methyl sites for hydroxylation is 1. The Morgan fingerprint density at radius 1 is 1.60 bits per heavy atom. The van der Waals surface area contributed by atoms with Crippen molar-refractivity contribution < 1.29 is 4.74 Å². The molecule has 0 aromatic carbocycles. The molecule has 1 aromatic rings. The SMILES string of the molecule is CCc1nsc(NCCC2CCOC2)n1. The standard InChI is InChI=1S/C10H17N3OS/c1-2-9-12-10(15-13-9)11-5-3-8-4-6-14-7-8/h8H,2-7H2,1H3,(H,11,12,13). The lowest BCUT2D eigenvalue weighted by molar-refractivity contribution is 0.185. The van der Waals surface area contributed by atoms with Gasteiger partial charge in [-0.2, -0.15) is 4.37 Å². The molecule has 0 saturated carbocycles. The molecular weight excluding hydrogens is 210 g/mol. The molecule has 0 bridgehead atoms. The topological polar surface area (TPSA) is 47.0 Å². The van der Waals surface area contributed by atoms with E-state index in [2.05, 4.69) is 21.6 Å². The fourth-order valence-electron chi connectivity index (χ4n) is 1.66. The van der Waals surface area contributed by atoms with Crippen LogP contribution in [0, 0.1) is 5.92 Å². The summed E-state index contributed by atoms with van der Waals surface area (Å²) in [6.07, 6.45) is 3.29. The summed E-state index contributed by atoms with van der Waals surface area (Å²) in [6, 6.07) is 0. The highest BCUT2D eigenvalue weighted by Crippen LogP contribution is 2.17. The molecule has 0 radical (unpaired) electrons. The lowest BCUT2D eigenvalue weighted by atomic mass is 10.1. The van der Waals surface area contributed by atoms with Gasteiger partial charge in [-0.15, -0.1) is 0 Å². The third kappa shape index (κ3) is 3.14. The van der Waals surface area contributed by atoms with E-state index in [-0.39, 0.29) is 0 Å². The molecule has 2 rings (SSSR count). The number of hydrogen-bond acceptors (Lipinski definition) is 5. The minimum absolute atomic E-state index is 0.732. The zero-order chi connectivity index (χ0) is 10.5. The van der Waals surface area contributed by atoms with Crippen molar-refractivity contribution in [2.24, 2.45) is 5.92 Å². The fourth-order valence-corrected chi connectivity index (χ4v) is 2.34. The maximum Gasteiger partial charge on any atom is 0.202 e. The molecule has 1 N–H and O–H groups in total. The van der Waals surface area contributed by atoms with Gasteiger partial charge in [-0.25, -0.2) is 4.98 Å². The van der Waals surface area contributed by atoms with E-state index in [1.165, 1.54) is 24.4 Å². The largest absolute Gasteiger partial charge is 0.381 e. The van der Waals surface area contributed by atoms with Crippen LogP contribution in [0.2, 0.25) is 0 Å². The molecule has 1 aliphatic heterocycles. The highest BCUT2D eigenvalue weighted by atomic mass is 32.1. The minimum Gasteiger partial charge on any atom is -0.381 e. The van der Waals surface area contributed by atoms with Crippen LogP contribution in [0.25, 0.3) is 0 Å². The molecule has 2 heterocycles. The van der Waals surface area contributed by atoms with Crippen molar-refractivity contribution in [2.75, 3.05) is 25.1 Å². The summed E-state index contributed by atoms with van der Waals surface area (Å²) in [7, 11) is 0. The Morgan fingerprint density at radius 3 is 3.20 bits per heavy atom. The third-order valence-corrected chi connectivity index (χ3v) is 3.35. The first-order valence-electron chi connectivity index (χ1n) is 5.52. The molecule has 1 saturated heterocycles. The van der Waals surface area contributed by atoms with Crippen molar-refractivity contribution in [3.8, 4) is 0 Å². The number of rotatable bonds is 5. The van der Waals surface area contributed by atoms with E-state index in [4.69, 9.17) is 4.74 Å². The maximum atomic E-state index is 5.33. The molecule has 1 aliphatic rings. The summed E-state index contributed by atoms with van der Waals surface area (Å²) < 4.78 is 9.56. The Kier molecular flexibility index (Phi) is 3.91. The summed E-state index contributed by atoms with van der Waals surface area (Å²) in [5.74, 6) is 1.67. The van der Waals surface area contributed by atoms with Crippen molar-refractivity contribution in [3.63, 3.8) is 0 Å². The molecule has 4 nitrogen and oxygen atoms in total. The second-order valence-electron chi connectivity index (χ2n) is 3.81. The van der Waals surface area contributed by atoms with Gasteiger partial charge in [0.15, 0.2) is 0 Å². The zero-order valence-electron chi connectivity index (χ0n) is 9.03. The van der Waals surface area contributed by atoms with Gasteiger partial charge in [0.2, 0.25) is 5.13 Å². The fraction of sp³-hybridized carbons (Fsp3) is 0.800. The van der Waals surface area contributed by atoms with E-state index in [0.29, 0.717) is 0 Å². The van der Waals surface area contributed by atoms with E-state index in [1.54, 1.807) is 0 Å². The normalized spacial score (nSPS) is 20.7. The van der Waals surface area contributed by atoms with Crippen molar-refractivity contribution in [1.29, 1.82) is 0 Å². The molecule has 5 heteroatoms. The van der Waals surface area contributed by atoms with Crippen LogP contribution >= 0.6 is 11.5 Å². The van der Waals surface area contributed by atoms with Gasteiger partial charge in [0, 0.05) is 37.7 Å². The Labute approximate surface area is 94.2 Å². The van der Waals surface area contributed by atoms with Crippen LogP contribution in [0.15, 0.2) is 0 Å². The Hall–Kier alpha value is -0.680. The van der Waals surface area contributed by atoms with Crippen LogP contribution in [0.5, 0.6) is 0 Å². The molecule has 1 unspecified atom stereocenters. The minimum atomic E-state index is 0.732. The molecule has 1 aromatic heterocycles. The van der Waals surface area contributed by atoms with Gasteiger partial charge < -0.3 is 10.1 Å². The number of hydrogen-bond donors (Lipinski definition) is 1. The Bertz CT molecular complexity index is 297. The van der Waals surface area contributed by atoms with Gasteiger partial charge in [-0.1, -0.05) is 6.92 Å². The van der Waals surface area contributed by atoms with Crippen LogP contribution in [0.3, 0.4) is 0 Å². The molecule has 0 spiro atoms. The summed E-state index contributed by atoms with van der Waals surface area (Å²) in [5, 5.41) is 4.27. The van der Waals surface area contributed by atoms with Crippen LogP contribution in [0.1, 0.15) is 25.6 Å². The monoisotopic (exact) mass is 227 g/mol. The molecule has 0 aliphatic carbocycles. The van der Waals surface area contributed by atoms with Gasteiger partial charge in [-0.3, -0.25) is 0 Å². The van der Waals surface area contributed by atoms with Crippen LogP contribution in [-0.2, 0) is 11.2 Å². The second kappa shape index (κ2) is 5.42. The van der Waals surface area contributed by atoms with Crippen molar-refractivity contribution >= 4 is 16.7 Å². The van der Waals surface area contributed by atoms with Crippen molar-refractivity contribution in [2.45, 2.75) is 26.2 Å². The first-order valence-corrected chi connectivity index (χ1v) is 6.30. The summed E-state index contributed by atoms with van der Waals surface area (Å²) >= 11 is 1.45. The summed E-state index contributed by atoms with van der Waals surface area (Å²) in [5.41, 5.74) is 0. The highest BCUT2D eigenvalue weighted by molar-refractivity contribution is 7.09. The van der Waals surface area contributed by atoms with Gasteiger partial charge in [-0.05, 0) is 18.8 Å². The average Bonchev–Trinajstić information content (AvgIpc) is 2.88. The zero-order valence-corrected chi connectivity index (χ0v) is 9.85. The number of aromatic nitrogens is 2. The highest BCUT2D eigenvalue weighted by Gasteiger charge is 2.14. The van der Waals surface area contributed by atoms with Gasteiger partial charge in [0.25, 0.3) is 0 Å². The second-order valence-corrected chi connectivity index (χ2v) is 4.57. The van der Waals surface area contributed by atoms with E-state index in [9.17, 15) is 0 Å². The maximum absolute atomic E-state index is 5.33. The van der Waals surface area contributed by atoms with Crippen LogP contribution < -0.4 is 5.32 Å². The van der Waals surface area contributed by atoms with Crippen LogP contribution in [-0.4, -0.2) is 29.1 Å². The average molecular weight is 227 g/mol. The van der Waals surface area contributed by atoms with E-state index >= 15 is 0 Å². The molecule has 84 valence electrons. The quantitative estimate of drug-likeness (QED) is 0.835. The van der Waals surface area contributed by atoms with Crippen LogP contribution in [0.4, 0.5) is 5.13 Å². The smallest absolute Gasteiger partial charge is 0.202 e. The predicted octanol–water partition coefficient (Wildman–Crippen LogP) is 1.94. The summed E-state index contributed by atoms with van der Waals surface area (Å²) in [4.78, 5) is 4.36. The van der Waals surface area contributed by atoms with E-state index in [0.717, 1.165) is 43.1 Å². The lowest BCUT2D eigenvalue weighted by Crippen LogP contribution is -2.08. The van der Waals surface area contributed by atoms with Gasteiger partial charge >= 0.3 is 0 Å². The summed E-state index contributed by atoms with van der Waals surface area (Å²) in [6.45, 7) is 4.91. The molecular formula is C10H17N3OS. The first-order chi connectivity index (χ1) is 7.38. The Morgan fingerprint density at radius 2 is 2.53 bits per heavy atom. The van der Waals surface area contributed by atoms with Crippen molar-refractivity contribution in [1.82, 2.24) is 9.36 Å².